The Morgan fingerprint density at radius 3 is 2.69 bits per heavy atom. The van der Waals surface area contributed by atoms with Gasteiger partial charge >= 0.3 is 6.03 Å². The van der Waals surface area contributed by atoms with Crippen molar-refractivity contribution in [3.05, 3.63) is 0 Å². The van der Waals surface area contributed by atoms with E-state index in [1.165, 1.54) is 6.42 Å². The van der Waals surface area contributed by atoms with Crippen molar-refractivity contribution in [2.45, 2.75) is 32.7 Å². The first kappa shape index (κ1) is 12.8. The zero-order valence-corrected chi connectivity index (χ0v) is 10.2. The van der Waals surface area contributed by atoms with E-state index in [4.69, 9.17) is 0 Å². The minimum absolute atomic E-state index is 0.136. The highest BCUT2D eigenvalue weighted by Gasteiger charge is 2.23. The maximum atomic E-state index is 11.8. The molecule has 0 bridgehead atoms. The number of amides is 3. The Bertz CT molecular complexity index is 268. The van der Waals surface area contributed by atoms with Gasteiger partial charge in [0, 0.05) is 20.1 Å². The molecule has 1 saturated heterocycles. The molecule has 2 N–H and O–H groups in total. The molecule has 3 amide bonds. The van der Waals surface area contributed by atoms with Crippen molar-refractivity contribution < 1.29 is 9.59 Å². The van der Waals surface area contributed by atoms with E-state index in [-0.39, 0.29) is 11.9 Å². The summed E-state index contributed by atoms with van der Waals surface area (Å²) < 4.78 is 0. The number of nitrogens with zero attached hydrogens (tertiary/aromatic N) is 1. The fraction of sp³-hybridized carbons (Fsp3) is 0.818. The van der Waals surface area contributed by atoms with Crippen LogP contribution in [0.1, 0.15) is 26.7 Å². The van der Waals surface area contributed by atoms with Gasteiger partial charge in [-0.1, -0.05) is 6.92 Å². The zero-order chi connectivity index (χ0) is 12.1. The molecule has 0 spiro atoms. The highest BCUT2D eigenvalue weighted by Crippen LogP contribution is 2.15. The Balaban J connectivity index is 2.42. The molecule has 0 saturated carbocycles. The second kappa shape index (κ2) is 5.72. The maximum absolute atomic E-state index is 11.8. The molecule has 2 unspecified atom stereocenters. The van der Waals surface area contributed by atoms with E-state index in [0.29, 0.717) is 5.92 Å². The molecule has 2 atom stereocenters. The van der Waals surface area contributed by atoms with E-state index >= 15 is 0 Å². The van der Waals surface area contributed by atoms with Gasteiger partial charge in [-0.15, -0.1) is 0 Å². The summed E-state index contributed by atoms with van der Waals surface area (Å²) in [4.78, 5) is 24.8. The number of likely N-dealkylation sites (N-methyl/N-ethyl adjacent to an activating group) is 1. The Morgan fingerprint density at radius 2 is 2.12 bits per heavy atom. The maximum Gasteiger partial charge on any atom is 0.318 e. The van der Waals surface area contributed by atoms with Gasteiger partial charge in [0.25, 0.3) is 0 Å². The van der Waals surface area contributed by atoms with Crippen LogP contribution in [-0.2, 0) is 4.79 Å². The molecule has 5 heteroatoms. The molecule has 92 valence electrons. The summed E-state index contributed by atoms with van der Waals surface area (Å²) in [7, 11) is 1.56. The van der Waals surface area contributed by atoms with Crippen LogP contribution in [0.4, 0.5) is 4.79 Å². The first-order valence-corrected chi connectivity index (χ1v) is 5.81. The van der Waals surface area contributed by atoms with Crippen LogP contribution in [0.2, 0.25) is 0 Å². The van der Waals surface area contributed by atoms with Crippen molar-refractivity contribution in [1.82, 2.24) is 15.5 Å². The second-order valence-electron chi connectivity index (χ2n) is 4.48. The molecule has 1 aliphatic rings. The van der Waals surface area contributed by atoms with Crippen LogP contribution < -0.4 is 10.6 Å². The Labute approximate surface area is 96.6 Å². The molecule has 1 rings (SSSR count). The van der Waals surface area contributed by atoms with Crippen molar-refractivity contribution in [2.24, 2.45) is 5.92 Å². The number of hydrogen-bond acceptors (Lipinski definition) is 2. The standard InChI is InChI=1S/C11H21N3O2/c1-8-5-4-6-14(7-8)11(16)13-9(2)10(15)12-3/h8-9H,4-7H2,1-3H3,(H,12,15)(H,13,16). The third-order valence-corrected chi connectivity index (χ3v) is 2.92. The number of piperidine rings is 1. The average Bonchev–Trinajstić information content (AvgIpc) is 2.27. The molecule has 1 fully saturated rings. The molecule has 0 aromatic carbocycles. The van der Waals surface area contributed by atoms with E-state index in [9.17, 15) is 9.59 Å². The fourth-order valence-electron chi connectivity index (χ4n) is 1.93. The molecular weight excluding hydrogens is 206 g/mol. The van der Waals surface area contributed by atoms with Crippen molar-refractivity contribution >= 4 is 11.9 Å². The molecule has 1 heterocycles. The first-order valence-electron chi connectivity index (χ1n) is 5.81. The molecule has 1 aliphatic heterocycles. The minimum Gasteiger partial charge on any atom is -0.357 e. The second-order valence-corrected chi connectivity index (χ2v) is 4.48. The summed E-state index contributed by atoms with van der Waals surface area (Å²) in [6.45, 7) is 5.40. The van der Waals surface area contributed by atoms with Crippen molar-refractivity contribution in [2.75, 3.05) is 20.1 Å². The van der Waals surface area contributed by atoms with E-state index in [1.54, 1.807) is 18.9 Å². The number of carbonyl (C=O) groups is 2. The molecule has 0 radical (unpaired) electrons. The first-order chi connectivity index (χ1) is 7.54. The van der Waals surface area contributed by atoms with Gasteiger partial charge in [-0.3, -0.25) is 4.79 Å². The normalized spacial score (nSPS) is 22.4. The van der Waals surface area contributed by atoms with E-state index < -0.39 is 6.04 Å². The topological polar surface area (TPSA) is 61.4 Å². The summed E-state index contributed by atoms with van der Waals surface area (Å²) in [5.74, 6) is 0.383. The summed E-state index contributed by atoms with van der Waals surface area (Å²) >= 11 is 0. The van der Waals surface area contributed by atoms with E-state index in [2.05, 4.69) is 17.6 Å². The number of urea groups is 1. The lowest BCUT2D eigenvalue weighted by Crippen LogP contribution is -2.51. The summed E-state index contributed by atoms with van der Waals surface area (Å²) in [6.07, 6.45) is 2.22. The molecule has 16 heavy (non-hydrogen) atoms. The molecule has 0 aromatic heterocycles. The lowest BCUT2D eigenvalue weighted by Gasteiger charge is -2.31. The van der Waals surface area contributed by atoms with Crippen LogP contribution >= 0.6 is 0 Å². The van der Waals surface area contributed by atoms with Crippen LogP contribution in [0.3, 0.4) is 0 Å². The number of nitrogens with one attached hydrogen (secondary N) is 2. The zero-order valence-electron chi connectivity index (χ0n) is 10.2. The molecule has 0 aromatic rings. The summed E-state index contributed by atoms with van der Waals surface area (Å²) in [6, 6.07) is -0.614. The quantitative estimate of drug-likeness (QED) is 0.724. The van der Waals surface area contributed by atoms with Gasteiger partial charge < -0.3 is 15.5 Å². The van der Waals surface area contributed by atoms with E-state index in [0.717, 1.165) is 19.5 Å². The largest absolute Gasteiger partial charge is 0.357 e. The Morgan fingerprint density at radius 1 is 1.44 bits per heavy atom. The lowest BCUT2D eigenvalue weighted by atomic mass is 10.0. The molecular formula is C11H21N3O2. The van der Waals surface area contributed by atoms with Gasteiger partial charge in [0.05, 0.1) is 0 Å². The lowest BCUT2D eigenvalue weighted by molar-refractivity contribution is -0.122. The molecule has 0 aliphatic carbocycles. The van der Waals surface area contributed by atoms with Gasteiger partial charge in [0.2, 0.25) is 5.91 Å². The SMILES string of the molecule is CNC(=O)C(C)NC(=O)N1CCCC(C)C1. The summed E-state index contributed by atoms with van der Waals surface area (Å²) in [5, 5.41) is 5.21. The third-order valence-electron chi connectivity index (χ3n) is 2.92. The molecule has 5 nitrogen and oxygen atoms in total. The van der Waals surface area contributed by atoms with Crippen molar-refractivity contribution in [1.29, 1.82) is 0 Å². The highest BCUT2D eigenvalue weighted by atomic mass is 16.2. The Kier molecular flexibility index (Phi) is 4.58. The van der Waals surface area contributed by atoms with Gasteiger partial charge in [-0.25, -0.2) is 4.79 Å². The van der Waals surface area contributed by atoms with Crippen LogP contribution in [0, 0.1) is 5.92 Å². The average molecular weight is 227 g/mol. The number of hydrogen-bond donors (Lipinski definition) is 2. The Hall–Kier alpha value is -1.26. The van der Waals surface area contributed by atoms with Gasteiger partial charge in [0.1, 0.15) is 6.04 Å². The van der Waals surface area contributed by atoms with Crippen molar-refractivity contribution in [3.8, 4) is 0 Å². The highest BCUT2D eigenvalue weighted by molar-refractivity contribution is 5.86. The predicted octanol–water partition coefficient (Wildman–Crippen LogP) is 0.562. The number of likely N-dealkylation sites (tertiary alicyclic amines) is 1. The minimum atomic E-state index is -0.477. The van der Waals surface area contributed by atoms with Gasteiger partial charge in [-0.2, -0.15) is 0 Å². The van der Waals surface area contributed by atoms with Crippen molar-refractivity contribution in [3.63, 3.8) is 0 Å². The smallest absolute Gasteiger partial charge is 0.318 e. The van der Waals surface area contributed by atoms with E-state index in [1.807, 2.05) is 0 Å². The van der Waals surface area contributed by atoms with Crippen LogP contribution in [0.5, 0.6) is 0 Å². The fourth-order valence-corrected chi connectivity index (χ4v) is 1.93. The van der Waals surface area contributed by atoms with Gasteiger partial charge in [0.15, 0.2) is 0 Å². The number of rotatable bonds is 2. The van der Waals surface area contributed by atoms with Crippen LogP contribution in [-0.4, -0.2) is 43.0 Å². The third kappa shape index (κ3) is 3.40. The monoisotopic (exact) mass is 227 g/mol. The van der Waals surface area contributed by atoms with Crippen LogP contribution in [0.15, 0.2) is 0 Å². The number of carbonyl (C=O) groups excluding carboxylic acids is 2. The van der Waals surface area contributed by atoms with Gasteiger partial charge in [-0.05, 0) is 25.7 Å². The predicted molar refractivity (Wildman–Crippen MR) is 62.0 cm³/mol. The summed E-state index contributed by atoms with van der Waals surface area (Å²) in [5.41, 5.74) is 0. The van der Waals surface area contributed by atoms with Crippen LogP contribution in [0.25, 0.3) is 0 Å².